The second-order valence-electron chi connectivity index (χ2n) is 2.42. The first-order chi connectivity index (χ1) is 4.76. The molecule has 2 N–H and O–H groups in total. The van der Waals surface area contributed by atoms with Crippen molar-refractivity contribution in [1.82, 2.24) is 4.67 Å². The Morgan fingerprint density at radius 3 is 2.09 bits per heavy atom. The summed E-state index contributed by atoms with van der Waals surface area (Å²) < 4.78 is 11.8. The van der Waals surface area contributed by atoms with Gasteiger partial charge in [-0.05, 0) is 14.0 Å². The van der Waals surface area contributed by atoms with E-state index in [2.05, 4.69) is 0 Å². The highest BCUT2D eigenvalue weighted by Crippen LogP contribution is 2.40. The molecular weight excluding hydrogens is 169 g/mol. The van der Waals surface area contributed by atoms with E-state index in [4.69, 9.17) is 10.00 Å². The van der Waals surface area contributed by atoms with Gasteiger partial charge in [-0.1, -0.05) is 0 Å². The van der Waals surface area contributed by atoms with Crippen molar-refractivity contribution in [2.75, 3.05) is 13.7 Å². The summed E-state index contributed by atoms with van der Waals surface area (Å²) in [6.45, 7) is 2.46. The highest BCUT2D eigenvalue weighted by Gasteiger charge is 2.27. The van der Waals surface area contributed by atoms with E-state index in [9.17, 15) is 9.36 Å². The molecule has 0 aliphatic heterocycles. The van der Waals surface area contributed by atoms with Crippen LogP contribution in [0.25, 0.3) is 0 Å². The van der Waals surface area contributed by atoms with Crippen LogP contribution in [0.3, 0.4) is 0 Å². The number of carboxylic acids is 1. The molecule has 2 unspecified atom stereocenters. The normalized spacial score (nSPS) is 19.4. The predicted octanol–water partition coefficient (Wildman–Crippen LogP) is 0.207. The van der Waals surface area contributed by atoms with E-state index in [-0.39, 0.29) is 0 Å². The molecule has 0 aliphatic rings. The van der Waals surface area contributed by atoms with Crippen molar-refractivity contribution in [2.45, 2.75) is 13.0 Å². The fourth-order valence-electron chi connectivity index (χ4n) is 0.481. The molecule has 0 radical (unpaired) electrons. The smallest absolute Gasteiger partial charge is 0.321 e. The standard InChI is InChI=1S/C5H12NO4P/c1-4(5(7)8)6(2)11(3,9)10/h4H,1-3H3,(H,7,8)(H,9,10). The summed E-state index contributed by atoms with van der Waals surface area (Å²) in [7, 11) is -2.11. The van der Waals surface area contributed by atoms with Crippen LogP contribution >= 0.6 is 7.52 Å². The van der Waals surface area contributed by atoms with E-state index in [0.717, 1.165) is 11.3 Å². The van der Waals surface area contributed by atoms with Crippen molar-refractivity contribution >= 4 is 13.5 Å². The van der Waals surface area contributed by atoms with E-state index >= 15 is 0 Å². The summed E-state index contributed by atoms with van der Waals surface area (Å²) in [5.41, 5.74) is 0. The SMILES string of the molecule is CC(C(=O)O)N(C)P(C)(=O)O. The van der Waals surface area contributed by atoms with Crippen LogP contribution in [0.2, 0.25) is 0 Å². The largest absolute Gasteiger partial charge is 0.480 e. The Hall–Kier alpha value is -0.380. The third-order valence-electron chi connectivity index (χ3n) is 1.50. The molecule has 0 heterocycles. The van der Waals surface area contributed by atoms with Gasteiger partial charge >= 0.3 is 5.97 Å². The maximum Gasteiger partial charge on any atom is 0.321 e. The predicted molar refractivity (Wildman–Crippen MR) is 40.6 cm³/mol. The van der Waals surface area contributed by atoms with Gasteiger partial charge in [-0.2, -0.15) is 0 Å². The summed E-state index contributed by atoms with van der Waals surface area (Å²) in [6, 6.07) is -0.934. The lowest BCUT2D eigenvalue weighted by atomic mass is 10.4. The van der Waals surface area contributed by atoms with E-state index < -0.39 is 19.5 Å². The zero-order valence-corrected chi connectivity index (χ0v) is 7.58. The second-order valence-corrected chi connectivity index (χ2v) is 4.72. The average molecular weight is 181 g/mol. The Morgan fingerprint density at radius 2 is 2.00 bits per heavy atom. The van der Waals surface area contributed by atoms with Crippen LogP contribution in [0.1, 0.15) is 6.92 Å². The van der Waals surface area contributed by atoms with E-state index in [1.807, 2.05) is 0 Å². The Bertz CT molecular complexity index is 199. The topological polar surface area (TPSA) is 77.8 Å². The number of carbonyl (C=O) groups is 1. The molecule has 11 heavy (non-hydrogen) atoms. The highest BCUT2D eigenvalue weighted by atomic mass is 31.2. The van der Waals surface area contributed by atoms with Gasteiger partial charge in [0.15, 0.2) is 0 Å². The molecule has 2 atom stereocenters. The van der Waals surface area contributed by atoms with Crippen LogP contribution in [-0.2, 0) is 9.36 Å². The minimum absolute atomic E-state index is 0.934. The molecule has 0 saturated heterocycles. The van der Waals surface area contributed by atoms with Crippen molar-refractivity contribution in [3.8, 4) is 0 Å². The van der Waals surface area contributed by atoms with Gasteiger partial charge in [0.05, 0.1) is 0 Å². The molecule has 0 bridgehead atoms. The van der Waals surface area contributed by atoms with Gasteiger partial charge in [0.1, 0.15) is 6.04 Å². The zero-order valence-electron chi connectivity index (χ0n) is 6.68. The first kappa shape index (κ1) is 10.6. The number of carboxylic acid groups (broad SMARTS) is 1. The average Bonchev–Trinajstić information content (AvgIpc) is 1.82. The number of nitrogens with zero attached hydrogens (tertiary/aromatic N) is 1. The fraction of sp³-hybridized carbons (Fsp3) is 0.800. The quantitative estimate of drug-likeness (QED) is 0.608. The molecule has 0 aliphatic carbocycles. The Labute approximate surface area is 65.1 Å². The summed E-state index contributed by atoms with van der Waals surface area (Å²) in [6.07, 6.45) is 0. The minimum Gasteiger partial charge on any atom is -0.480 e. The summed E-state index contributed by atoms with van der Waals surface area (Å²) in [4.78, 5) is 19.2. The lowest BCUT2D eigenvalue weighted by Crippen LogP contribution is -2.33. The van der Waals surface area contributed by atoms with Crippen LogP contribution in [-0.4, -0.2) is 40.4 Å². The lowest BCUT2D eigenvalue weighted by Gasteiger charge is -2.23. The van der Waals surface area contributed by atoms with Crippen molar-refractivity contribution in [2.24, 2.45) is 0 Å². The summed E-state index contributed by atoms with van der Waals surface area (Å²) >= 11 is 0. The molecule has 0 aromatic heterocycles. The van der Waals surface area contributed by atoms with Gasteiger partial charge in [-0.25, -0.2) is 4.67 Å². The first-order valence-corrected chi connectivity index (χ1v) is 5.09. The Kier molecular flexibility index (Phi) is 3.23. The molecule has 6 heteroatoms. The number of aliphatic carboxylic acids is 1. The van der Waals surface area contributed by atoms with Gasteiger partial charge in [-0.3, -0.25) is 9.36 Å². The summed E-state index contributed by atoms with van der Waals surface area (Å²) in [5, 5.41) is 8.44. The van der Waals surface area contributed by atoms with Gasteiger partial charge < -0.3 is 10.00 Å². The van der Waals surface area contributed by atoms with Gasteiger partial charge in [-0.15, -0.1) is 0 Å². The van der Waals surface area contributed by atoms with Gasteiger partial charge in [0.25, 0.3) is 7.52 Å². The lowest BCUT2D eigenvalue weighted by molar-refractivity contribution is -0.140. The highest BCUT2D eigenvalue weighted by molar-refractivity contribution is 7.54. The molecule has 0 amide bonds. The van der Waals surface area contributed by atoms with Crippen LogP contribution in [0.4, 0.5) is 0 Å². The molecule has 0 fully saturated rings. The molecule has 0 spiro atoms. The summed E-state index contributed by atoms with van der Waals surface area (Å²) in [5.74, 6) is -1.11. The van der Waals surface area contributed by atoms with Crippen molar-refractivity contribution in [1.29, 1.82) is 0 Å². The van der Waals surface area contributed by atoms with Gasteiger partial charge in [0.2, 0.25) is 0 Å². The third kappa shape index (κ3) is 3.01. The number of likely N-dealkylation sites (N-methyl/N-ethyl adjacent to an activating group) is 1. The maximum atomic E-state index is 10.9. The molecule has 0 rings (SSSR count). The van der Waals surface area contributed by atoms with Crippen molar-refractivity contribution in [3.63, 3.8) is 0 Å². The van der Waals surface area contributed by atoms with Crippen LogP contribution < -0.4 is 0 Å². The fourth-order valence-corrected chi connectivity index (χ4v) is 1.22. The molecule has 0 saturated carbocycles. The second kappa shape index (κ2) is 3.34. The third-order valence-corrected chi connectivity index (χ3v) is 3.02. The molecular formula is C5H12NO4P. The molecule has 0 aromatic carbocycles. The van der Waals surface area contributed by atoms with E-state index in [0.29, 0.717) is 0 Å². The maximum absolute atomic E-state index is 10.9. The van der Waals surface area contributed by atoms with E-state index in [1.165, 1.54) is 14.0 Å². The first-order valence-electron chi connectivity index (χ1n) is 3.03. The van der Waals surface area contributed by atoms with Crippen LogP contribution in [0.5, 0.6) is 0 Å². The number of rotatable bonds is 3. The monoisotopic (exact) mass is 181 g/mol. The van der Waals surface area contributed by atoms with Gasteiger partial charge in [0, 0.05) is 6.66 Å². The van der Waals surface area contributed by atoms with E-state index in [1.54, 1.807) is 0 Å². The Balaban J connectivity index is 4.38. The van der Waals surface area contributed by atoms with Crippen LogP contribution in [0.15, 0.2) is 0 Å². The molecule has 5 nitrogen and oxygen atoms in total. The Morgan fingerprint density at radius 1 is 1.64 bits per heavy atom. The minimum atomic E-state index is -3.41. The van der Waals surface area contributed by atoms with Crippen LogP contribution in [0, 0.1) is 0 Å². The zero-order chi connectivity index (χ0) is 9.23. The van der Waals surface area contributed by atoms with Crippen molar-refractivity contribution < 1.29 is 19.4 Å². The molecule has 66 valence electrons. The van der Waals surface area contributed by atoms with Crippen molar-refractivity contribution in [3.05, 3.63) is 0 Å². The number of hydrogen-bond donors (Lipinski definition) is 2. The number of hydrogen-bond acceptors (Lipinski definition) is 2. The molecule has 0 aromatic rings.